The number of amides is 4. The molecule has 8 heteroatoms. The maximum absolute atomic E-state index is 13.6. The van der Waals surface area contributed by atoms with Crippen LogP contribution in [0.1, 0.15) is 61.8 Å². The van der Waals surface area contributed by atoms with E-state index in [2.05, 4.69) is 12.1 Å². The number of rotatable bonds is 5. The van der Waals surface area contributed by atoms with Crippen LogP contribution in [0.4, 0.5) is 11.4 Å². The molecule has 0 bridgehead atoms. The lowest BCUT2D eigenvalue weighted by atomic mass is 9.73. The molecule has 1 aliphatic carbocycles. The van der Waals surface area contributed by atoms with Crippen molar-refractivity contribution in [2.75, 3.05) is 9.80 Å². The zero-order chi connectivity index (χ0) is 29.7. The molecular formula is C35H26N2O6. The molecule has 212 valence electrons. The molecule has 43 heavy (non-hydrogen) atoms. The summed E-state index contributed by atoms with van der Waals surface area (Å²) in [4.78, 5) is 68.7. The van der Waals surface area contributed by atoms with Crippen molar-refractivity contribution < 1.29 is 28.7 Å². The van der Waals surface area contributed by atoms with E-state index in [9.17, 15) is 24.0 Å². The molecule has 0 radical (unpaired) electrons. The Morgan fingerprint density at radius 1 is 0.651 bits per heavy atom. The van der Waals surface area contributed by atoms with Crippen molar-refractivity contribution in [2.45, 2.75) is 25.2 Å². The molecule has 1 saturated carbocycles. The van der Waals surface area contributed by atoms with Gasteiger partial charge in [0.1, 0.15) is 0 Å². The van der Waals surface area contributed by atoms with Gasteiger partial charge in [-0.3, -0.25) is 24.1 Å². The average molecular weight is 571 g/mol. The van der Waals surface area contributed by atoms with Crippen LogP contribution >= 0.6 is 0 Å². The topological polar surface area (TPSA) is 101 Å². The number of esters is 1. The first-order valence-electron chi connectivity index (χ1n) is 14.2. The molecule has 1 saturated heterocycles. The summed E-state index contributed by atoms with van der Waals surface area (Å²) in [5.41, 5.74) is 2.29. The second kappa shape index (κ2) is 10.5. The number of carbonyl (C=O) groups is 5. The van der Waals surface area contributed by atoms with Crippen molar-refractivity contribution in [3.05, 3.63) is 125 Å². The first kappa shape index (κ1) is 26.5. The SMILES string of the molecule is O=C(Oc1ccccc1N1C(=O)c2ccccc2C1=O)c1cccc(N2C(=O)[C@@H]3CC[C@@H](c4ccccc4)C[C@H]3C2=O)c1. The molecule has 0 N–H and O–H groups in total. The van der Waals surface area contributed by atoms with Crippen molar-refractivity contribution in [1.29, 1.82) is 0 Å². The highest BCUT2D eigenvalue weighted by Gasteiger charge is 2.50. The molecule has 0 spiro atoms. The van der Waals surface area contributed by atoms with E-state index in [0.29, 0.717) is 18.5 Å². The molecule has 3 aliphatic rings. The lowest BCUT2D eigenvalue weighted by Crippen LogP contribution is -2.31. The number of anilines is 2. The molecular weight excluding hydrogens is 544 g/mol. The van der Waals surface area contributed by atoms with Crippen LogP contribution in [0.15, 0.2) is 103 Å². The number of imide groups is 2. The third-order valence-electron chi connectivity index (χ3n) is 8.64. The minimum absolute atomic E-state index is 0.0266. The summed E-state index contributed by atoms with van der Waals surface area (Å²) in [6, 6.07) is 29.1. The standard InChI is InChI=1S/C35H26N2O6/c38-31-27-18-17-22(21-9-2-1-3-10-21)20-28(27)34(41)36(31)24-12-8-11-23(19-24)35(42)43-30-16-7-6-15-29(30)37-32(39)25-13-4-5-14-26(25)33(37)40/h1-16,19,22,27-28H,17-18,20H2/t22-,27-,28-/m1/s1. The minimum atomic E-state index is -0.758. The molecule has 4 aromatic carbocycles. The van der Waals surface area contributed by atoms with Crippen molar-refractivity contribution in [1.82, 2.24) is 0 Å². The van der Waals surface area contributed by atoms with Gasteiger partial charge in [-0.2, -0.15) is 0 Å². The monoisotopic (exact) mass is 570 g/mol. The Hall–Kier alpha value is -5.37. The van der Waals surface area contributed by atoms with Crippen molar-refractivity contribution >= 4 is 41.0 Å². The zero-order valence-electron chi connectivity index (χ0n) is 23.0. The first-order valence-corrected chi connectivity index (χ1v) is 14.2. The van der Waals surface area contributed by atoms with Gasteiger partial charge in [0, 0.05) is 0 Å². The van der Waals surface area contributed by atoms with Crippen LogP contribution in [0, 0.1) is 11.8 Å². The second-order valence-electron chi connectivity index (χ2n) is 11.0. The molecule has 2 aliphatic heterocycles. The van der Waals surface area contributed by atoms with Gasteiger partial charge in [-0.25, -0.2) is 9.69 Å². The van der Waals surface area contributed by atoms with Gasteiger partial charge >= 0.3 is 5.97 Å². The van der Waals surface area contributed by atoms with E-state index in [-0.39, 0.29) is 51.8 Å². The Bertz CT molecular complexity index is 1780. The Balaban J connectivity index is 1.12. The van der Waals surface area contributed by atoms with E-state index in [0.717, 1.165) is 11.3 Å². The zero-order valence-corrected chi connectivity index (χ0v) is 23.0. The fourth-order valence-electron chi connectivity index (χ4n) is 6.53. The highest BCUT2D eigenvalue weighted by molar-refractivity contribution is 6.35. The van der Waals surface area contributed by atoms with Crippen LogP contribution in [0.2, 0.25) is 0 Å². The van der Waals surface area contributed by atoms with E-state index in [4.69, 9.17) is 4.74 Å². The number of carbonyl (C=O) groups excluding carboxylic acids is 5. The average Bonchev–Trinajstić information content (AvgIpc) is 3.45. The van der Waals surface area contributed by atoms with Crippen LogP contribution in [0.3, 0.4) is 0 Å². The van der Waals surface area contributed by atoms with E-state index >= 15 is 0 Å². The Morgan fingerprint density at radius 2 is 1.30 bits per heavy atom. The minimum Gasteiger partial charge on any atom is -0.421 e. The summed E-state index contributed by atoms with van der Waals surface area (Å²) in [6.45, 7) is 0. The molecule has 0 aromatic heterocycles. The van der Waals surface area contributed by atoms with Crippen LogP contribution in [-0.2, 0) is 9.59 Å². The third kappa shape index (κ3) is 4.43. The smallest absolute Gasteiger partial charge is 0.343 e. The van der Waals surface area contributed by atoms with Gasteiger partial charge in [0.15, 0.2) is 5.75 Å². The number of hydrogen-bond donors (Lipinski definition) is 0. The molecule has 4 aromatic rings. The lowest BCUT2D eigenvalue weighted by Gasteiger charge is -2.28. The molecule has 0 unspecified atom stereocenters. The summed E-state index contributed by atoms with van der Waals surface area (Å²) >= 11 is 0. The van der Waals surface area contributed by atoms with Gasteiger partial charge in [-0.1, -0.05) is 60.7 Å². The Labute approximate surface area is 247 Å². The Kier molecular flexibility index (Phi) is 6.46. The number of ether oxygens (including phenoxy) is 1. The van der Waals surface area contributed by atoms with E-state index in [1.807, 2.05) is 18.2 Å². The fraction of sp³-hybridized carbons (Fsp3) is 0.171. The van der Waals surface area contributed by atoms with Gasteiger partial charge in [0.05, 0.1) is 39.9 Å². The maximum Gasteiger partial charge on any atom is 0.343 e. The molecule has 3 atom stereocenters. The van der Waals surface area contributed by atoms with Gasteiger partial charge < -0.3 is 4.74 Å². The number of nitrogens with zero attached hydrogens (tertiary/aromatic N) is 2. The number of hydrogen-bond acceptors (Lipinski definition) is 6. The predicted octanol–water partition coefficient (Wildman–Crippen LogP) is 5.78. The fourth-order valence-corrected chi connectivity index (χ4v) is 6.53. The molecule has 2 fully saturated rings. The normalized spacial score (nSPS) is 21.2. The number of para-hydroxylation sites is 2. The molecule has 8 nitrogen and oxygen atoms in total. The van der Waals surface area contributed by atoms with Crippen molar-refractivity contribution in [3.8, 4) is 5.75 Å². The predicted molar refractivity (Wildman–Crippen MR) is 158 cm³/mol. The second-order valence-corrected chi connectivity index (χ2v) is 11.0. The summed E-state index contributed by atoms with van der Waals surface area (Å²) in [7, 11) is 0. The number of benzene rings is 4. The summed E-state index contributed by atoms with van der Waals surface area (Å²) < 4.78 is 5.70. The van der Waals surface area contributed by atoms with E-state index in [1.54, 1.807) is 48.5 Å². The molecule has 2 heterocycles. The summed E-state index contributed by atoms with van der Waals surface area (Å²) in [5.74, 6) is -2.82. The van der Waals surface area contributed by atoms with Crippen LogP contribution in [0.5, 0.6) is 5.75 Å². The van der Waals surface area contributed by atoms with Gasteiger partial charge in [0.2, 0.25) is 11.8 Å². The van der Waals surface area contributed by atoms with E-state index < -0.39 is 23.7 Å². The van der Waals surface area contributed by atoms with E-state index in [1.165, 1.54) is 34.7 Å². The quantitative estimate of drug-likeness (QED) is 0.171. The number of fused-ring (bicyclic) bond motifs is 2. The molecule has 4 amide bonds. The highest BCUT2D eigenvalue weighted by Crippen LogP contribution is 2.45. The van der Waals surface area contributed by atoms with Gasteiger partial charge in [-0.05, 0) is 73.2 Å². The summed E-state index contributed by atoms with van der Waals surface area (Å²) in [6.07, 6.45) is 2.06. The highest BCUT2D eigenvalue weighted by atomic mass is 16.5. The molecule has 7 rings (SSSR count). The van der Waals surface area contributed by atoms with Crippen LogP contribution in [0.25, 0.3) is 0 Å². The van der Waals surface area contributed by atoms with Gasteiger partial charge in [-0.15, -0.1) is 0 Å². The van der Waals surface area contributed by atoms with Gasteiger partial charge in [0.25, 0.3) is 11.8 Å². The largest absolute Gasteiger partial charge is 0.421 e. The van der Waals surface area contributed by atoms with Crippen LogP contribution in [-0.4, -0.2) is 29.6 Å². The van der Waals surface area contributed by atoms with Crippen molar-refractivity contribution in [2.24, 2.45) is 11.8 Å². The first-order chi connectivity index (χ1) is 20.9. The van der Waals surface area contributed by atoms with Crippen molar-refractivity contribution in [3.63, 3.8) is 0 Å². The third-order valence-corrected chi connectivity index (χ3v) is 8.64. The lowest BCUT2D eigenvalue weighted by molar-refractivity contribution is -0.122. The van der Waals surface area contributed by atoms with Crippen LogP contribution < -0.4 is 14.5 Å². The maximum atomic E-state index is 13.6. The Morgan fingerprint density at radius 3 is 2.05 bits per heavy atom. The summed E-state index contributed by atoms with van der Waals surface area (Å²) in [5, 5.41) is 0.